The monoisotopic (exact) mass is 234 g/mol. The Kier molecular flexibility index (Phi) is 3.27. The molecule has 2 N–H and O–H groups in total. The molecular weight excluding hydrogens is 224 g/mol. The second-order valence-corrected chi connectivity index (χ2v) is 3.71. The van der Waals surface area contributed by atoms with Crippen LogP contribution in [0.1, 0.15) is 5.56 Å². The lowest BCUT2D eigenvalue weighted by atomic mass is 10.2. The Morgan fingerprint density at radius 3 is 2.75 bits per heavy atom. The fourth-order valence-corrected chi connectivity index (χ4v) is 1.60. The van der Waals surface area contributed by atoms with Crippen molar-refractivity contribution in [2.45, 2.75) is 6.54 Å². The second kappa shape index (κ2) is 4.86. The van der Waals surface area contributed by atoms with Crippen LogP contribution in [-0.4, -0.2) is 10.1 Å². The smallest absolute Gasteiger partial charge is 0.126 e. The van der Waals surface area contributed by atoms with Crippen LogP contribution in [0.15, 0.2) is 42.6 Å². The van der Waals surface area contributed by atoms with Gasteiger partial charge in [-0.15, -0.1) is 0 Å². The van der Waals surface area contributed by atoms with E-state index in [0.717, 1.165) is 5.82 Å². The molecule has 0 spiro atoms. The van der Waals surface area contributed by atoms with Gasteiger partial charge in [0.25, 0.3) is 0 Å². The molecule has 1 aromatic heterocycles. The van der Waals surface area contributed by atoms with Crippen molar-refractivity contribution in [3.63, 3.8) is 0 Å². The number of aromatic nitrogens is 1. The lowest BCUT2D eigenvalue weighted by Crippen LogP contribution is -2.01. The Balaban J connectivity index is 2.11. The van der Waals surface area contributed by atoms with E-state index < -0.39 is 0 Å². The minimum absolute atomic E-state index is 0.191. The molecule has 82 valence electrons. The fraction of sp³-hybridized carbons (Fsp3) is 0.0833. The van der Waals surface area contributed by atoms with Gasteiger partial charge in [-0.25, -0.2) is 4.98 Å². The van der Waals surface area contributed by atoms with Gasteiger partial charge in [-0.2, -0.15) is 0 Å². The maximum atomic E-state index is 9.62. The van der Waals surface area contributed by atoms with Gasteiger partial charge in [0.05, 0.1) is 0 Å². The van der Waals surface area contributed by atoms with Crippen LogP contribution >= 0.6 is 11.6 Å². The van der Waals surface area contributed by atoms with E-state index in [1.165, 1.54) is 0 Å². The molecule has 16 heavy (non-hydrogen) atoms. The molecule has 0 aliphatic carbocycles. The molecule has 0 aliphatic rings. The fourth-order valence-electron chi connectivity index (χ4n) is 1.37. The first kappa shape index (κ1) is 10.8. The van der Waals surface area contributed by atoms with E-state index in [2.05, 4.69) is 10.3 Å². The Labute approximate surface area is 98.7 Å². The zero-order valence-electron chi connectivity index (χ0n) is 8.52. The number of anilines is 1. The zero-order valence-corrected chi connectivity index (χ0v) is 9.28. The van der Waals surface area contributed by atoms with Crippen LogP contribution in [0.25, 0.3) is 0 Å². The van der Waals surface area contributed by atoms with Crippen molar-refractivity contribution in [1.29, 1.82) is 0 Å². The van der Waals surface area contributed by atoms with Crippen LogP contribution in [0.4, 0.5) is 5.82 Å². The molecule has 0 bridgehead atoms. The molecule has 0 saturated carbocycles. The minimum Gasteiger partial charge on any atom is -0.508 e. The van der Waals surface area contributed by atoms with Gasteiger partial charge in [-0.05, 0) is 24.3 Å². The van der Waals surface area contributed by atoms with Crippen LogP contribution in [0.5, 0.6) is 5.75 Å². The van der Waals surface area contributed by atoms with E-state index in [1.54, 1.807) is 24.4 Å². The molecule has 0 fully saturated rings. The van der Waals surface area contributed by atoms with Crippen LogP contribution in [0.2, 0.25) is 5.02 Å². The predicted octanol–water partition coefficient (Wildman–Crippen LogP) is 3.05. The van der Waals surface area contributed by atoms with Crippen molar-refractivity contribution in [3.8, 4) is 5.75 Å². The maximum Gasteiger partial charge on any atom is 0.126 e. The van der Waals surface area contributed by atoms with E-state index in [1.807, 2.05) is 18.2 Å². The van der Waals surface area contributed by atoms with Crippen molar-refractivity contribution >= 4 is 17.4 Å². The second-order valence-electron chi connectivity index (χ2n) is 3.31. The third kappa shape index (κ3) is 2.44. The molecule has 2 aromatic rings. The van der Waals surface area contributed by atoms with Gasteiger partial charge in [0.15, 0.2) is 0 Å². The Hall–Kier alpha value is -1.74. The number of aromatic hydroxyl groups is 1. The number of halogens is 1. The molecule has 0 radical (unpaired) electrons. The van der Waals surface area contributed by atoms with Gasteiger partial charge < -0.3 is 10.4 Å². The number of pyridine rings is 1. The molecule has 0 saturated heterocycles. The van der Waals surface area contributed by atoms with Gasteiger partial charge in [0.2, 0.25) is 0 Å². The molecule has 0 aliphatic heterocycles. The number of phenolic OH excluding ortho intramolecular Hbond substituents is 1. The van der Waals surface area contributed by atoms with Gasteiger partial charge in [-0.3, -0.25) is 0 Å². The molecule has 1 aromatic carbocycles. The molecule has 0 atom stereocenters. The average Bonchev–Trinajstić information content (AvgIpc) is 2.30. The molecule has 0 amide bonds. The Bertz CT molecular complexity index is 453. The summed E-state index contributed by atoms with van der Waals surface area (Å²) in [7, 11) is 0. The largest absolute Gasteiger partial charge is 0.508 e. The summed E-state index contributed by atoms with van der Waals surface area (Å²) >= 11 is 5.98. The molecule has 1 heterocycles. The summed E-state index contributed by atoms with van der Waals surface area (Å²) < 4.78 is 0. The van der Waals surface area contributed by atoms with Crippen LogP contribution in [0.3, 0.4) is 0 Å². The minimum atomic E-state index is 0.191. The van der Waals surface area contributed by atoms with Crippen molar-refractivity contribution in [1.82, 2.24) is 4.98 Å². The quantitative estimate of drug-likeness (QED) is 0.858. The Morgan fingerprint density at radius 1 is 1.19 bits per heavy atom. The molecule has 2 rings (SSSR count). The van der Waals surface area contributed by atoms with E-state index >= 15 is 0 Å². The average molecular weight is 235 g/mol. The number of hydrogen-bond donors (Lipinski definition) is 2. The first-order chi connectivity index (χ1) is 7.77. The highest BCUT2D eigenvalue weighted by Gasteiger charge is 2.05. The van der Waals surface area contributed by atoms with Crippen molar-refractivity contribution in [3.05, 3.63) is 53.2 Å². The summed E-state index contributed by atoms with van der Waals surface area (Å²) in [5, 5.41) is 13.3. The van der Waals surface area contributed by atoms with Gasteiger partial charge in [0, 0.05) is 23.3 Å². The van der Waals surface area contributed by atoms with Crippen LogP contribution in [0, 0.1) is 0 Å². The molecule has 0 unspecified atom stereocenters. The van der Waals surface area contributed by atoms with E-state index in [9.17, 15) is 5.11 Å². The highest BCUT2D eigenvalue weighted by molar-refractivity contribution is 6.31. The van der Waals surface area contributed by atoms with E-state index in [4.69, 9.17) is 11.6 Å². The summed E-state index contributed by atoms with van der Waals surface area (Å²) in [4.78, 5) is 4.12. The number of nitrogens with one attached hydrogen (secondary N) is 1. The van der Waals surface area contributed by atoms with Crippen LogP contribution in [-0.2, 0) is 6.54 Å². The van der Waals surface area contributed by atoms with Crippen LogP contribution < -0.4 is 5.32 Å². The molecule has 4 heteroatoms. The normalized spacial score (nSPS) is 10.1. The van der Waals surface area contributed by atoms with Crippen molar-refractivity contribution in [2.75, 3.05) is 5.32 Å². The lowest BCUT2D eigenvalue weighted by Gasteiger charge is -2.08. The SMILES string of the molecule is Oc1cccc(Cl)c1CNc1ccccn1. The number of hydrogen-bond acceptors (Lipinski definition) is 3. The number of phenols is 1. The Morgan fingerprint density at radius 2 is 2.06 bits per heavy atom. The van der Waals surface area contributed by atoms with Crippen molar-refractivity contribution < 1.29 is 5.11 Å². The standard InChI is InChI=1S/C12H11ClN2O/c13-10-4-3-5-11(16)9(10)8-15-12-6-1-2-7-14-12/h1-7,16H,8H2,(H,14,15). The van der Waals surface area contributed by atoms with E-state index in [0.29, 0.717) is 17.1 Å². The molecule has 3 nitrogen and oxygen atoms in total. The third-order valence-corrected chi connectivity index (χ3v) is 2.56. The summed E-state index contributed by atoms with van der Waals surface area (Å²) in [6, 6.07) is 10.7. The summed E-state index contributed by atoms with van der Waals surface area (Å²) in [5.74, 6) is 0.942. The summed E-state index contributed by atoms with van der Waals surface area (Å²) in [6.07, 6.45) is 1.70. The summed E-state index contributed by atoms with van der Waals surface area (Å²) in [6.45, 7) is 0.447. The third-order valence-electron chi connectivity index (χ3n) is 2.21. The van der Waals surface area contributed by atoms with Gasteiger partial charge in [-0.1, -0.05) is 23.7 Å². The number of rotatable bonds is 3. The maximum absolute atomic E-state index is 9.62. The van der Waals surface area contributed by atoms with Gasteiger partial charge in [0.1, 0.15) is 11.6 Å². The highest BCUT2D eigenvalue weighted by atomic mass is 35.5. The number of benzene rings is 1. The first-order valence-corrected chi connectivity index (χ1v) is 5.26. The van der Waals surface area contributed by atoms with Gasteiger partial charge >= 0.3 is 0 Å². The first-order valence-electron chi connectivity index (χ1n) is 4.88. The summed E-state index contributed by atoms with van der Waals surface area (Å²) in [5.41, 5.74) is 0.676. The highest BCUT2D eigenvalue weighted by Crippen LogP contribution is 2.25. The zero-order chi connectivity index (χ0) is 11.4. The molecular formula is C12H11ClN2O. The lowest BCUT2D eigenvalue weighted by molar-refractivity contribution is 0.469. The topological polar surface area (TPSA) is 45.1 Å². The predicted molar refractivity (Wildman–Crippen MR) is 64.7 cm³/mol. The van der Waals surface area contributed by atoms with Crippen molar-refractivity contribution in [2.24, 2.45) is 0 Å². The van der Waals surface area contributed by atoms with E-state index in [-0.39, 0.29) is 5.75 Å². The number of nitrogens with zero attached hydrogens (tertiary/aromatic N) is 1.